The number of nitrogens with zero attached hydrogens (tertiary/aromatic N) is 2. The summed E-state index contributed by atoms with van der Waals surface area (Å²) in [5.74, 6) is -0.205. The quantitative estimate of drug-likeness (QED) is 0.188. The molecule has 1 heterocycles. The van der Waals surface area contributed by atoms with E-state index in [1.807, 2.05) is 6.92 Å². The number of benzene rings is 3. The molecule has 0 bridgehead atoms. The van der Waals surface area contributed by atoms with Crippen LogP contribution in [-0.4, -0.2) is 15.9 Å². The summed E-state index contributed by atoms with van der Waals surface area (Å²) in [4.78, 5) is 21.4. The molecule has 3 N–H and O–H groups in total. The molecule has 1 amide bonds. The lowest BCUT2D eigenvalue weighted by atomic mass is 10.0. The van der Waals surface area contributed by atoms with Crippen LogP contribution in [0.3, 0.4) is 0 Å². The first kappa shape index (κ1) is 38.8. The molecule has 0 aliphatic rings. The van der Waals surface area contributed by atoms with Crippen LogP contribution in [0, 0.1) is 0 Å². The average Bonchev–Trinajstić information content (AvgIpc) is 3.02. The number of hydrogen-bond donors (Lipinski definition) is 2. The normalized spacial score (nSPS) is 12.3. The number of carbonyl (C=O) groups excluding carboxylic acids is 1. The number of aryl methyl sites for hydroxylation is 1. The Balaban J connectivity index is 0.000000341. The van der Waals surface area contributed by atoms with Crippen molar-refractivity contribution >= 4 is 5.91 Å². The van der Waals surface area contributed by atoms with Crippen molar-refractivity contribution in [3.8, 4) is 11.3 Å². The number of alkyl halides is 12. The maximum atomic E-state index is 13.1. The second-order valence-corrected chi connectivity index (χ2v) is 10.4. The number of carbonyl (C=O) groups is 1. The molecule has 0 aliphatic carbocycles. The van der Waals surface area contributed by atoms with E-state index in [0.717, 1.165) is 6.42 Å². The highest BCUT2D eigenvalue weighted by Crippen LogP contribution is 2.37. The van der Waals surface area contributed by atoms with E-state index in [-0.39, 0.29) is 35.4 Å². The van der Waals surface area contributed by atoms with Crippen molar-refractivity contribution in [2.75, 3.05) is 0 Å². The molecule has 5 nitrogen and oxygen atoms in total. The highest BCUT2D eigenvalue weighted by Gasteiger charge is 2.38. The lowest BCUT2D eigenvalue weighted by molar-refractivity contribution is -0.144. The topological polar surface area (TPSA) is 80.9 Å². The molecule has 4 rings (SSSR count). The molecule has 0 aliphatic heterocycles. The number of nitrogens with two attached hydrogens (primary N) is 1. The van der Waals surface area contributed by atoms with Gasteiger partial charge in [-0.1, -0.05) is 37.3 Å². The van der Waals surface area contributed by atoms with Crippen LogP contribution < -0.4 is 11.1 Å². The van der Waals surface area contributed by atoms with Crippen LogP contribution in [0.1, 0.15) is 62.9 Å². The zero-order chi connectivity index (χ0) is 36.8. The summed E-state index contributed by atoms with van der Waals surface area (Å²) in [5.41, 5.74) is -0.0744. The van der Waals surface area contributed by atoms with Crippen LogP contribution in [0.15, 0.2) is 72.9 Å². The Hall–Kier alpha value is -4.67. The Morgan fingerprint density at radius 3 is 1.55 bits per heavy atom. The minimum Gasteiger partial charge on any atom is -0.348 e. The van der Waals surface area contributed by atoms with Gasteiger partial charge in [0.25, 0.3) is 5.91 Å². The fourth-order valence-corrected chi connectivity index (χ4v) is 4.28. The fraction of sp³-hybridized carbons (Fsp3) is 0.281. The molecule has 0 fully saturated rings. The molecule has 0 atom stereocenters. The summed E-state index contributed by atoms with van der Waals surface area (Å²) < 4.78 is 152. The highest BCUT2D eigenvalue weighted by molar-refractivity contribution is 5.99. The molecule has 264 valence electrons. The van der Waals surface area contributed by atoms with Crippen LogP contribution in [0.25, 0.3) is 11.3 Å². The average molecular weight is 711 g/mol. The smallest absolute Gasteiger partial charge is 0.348 e. The Labute approximate surface area is 271 Å². The molecule has 0 saturated carbocycles. The molecule has 3 aromatic carbocycles. The zero-order valence-corrected chi connectivity index (χ0v) is 25.2. The maximum Gasteiger partial charge on any atom is 0.416 e. The van der Waals surface area contributed by atoms with E-state index >= 15 is 0 Å². The van der Waals surface area contributed by atoms with Crippen molar-refractivity contribution in [1.82, 2.24) is 15.3 Å². The monoisotopic (exact) mass is 710 g/mol. The standard InChI is InChI=1S/C23H19F6N3O.C9H7F6N/c1-2-6-19-30-13-18(20(32-19)15-7-4-3-5-8-15)21(33)31-12-14-9-16(22(24,25)26)11-17(10-14)23(27,28)29;10-8(11,12)6-1-5(4-16)2-7(3-6)9(13,14)15/h3-5,7-11,13H,2,6,12H2,1H3,(H,31,33);1-3H,4,16H2. The first-order valence-electron chi connectivity index (χ1n) is 14.1. The van der Waals surface area contributed by atoms with Gasteiger partial charge in [0.2, 0.25) is 0 Å². The Bertz CT molecular complexity index is 1670. The Morgan fingerprint density at radius 1 is 0.694 bits per heavy atom. The summed E-state index contributed by atoms with van der Waals surface area (Å²) in [7, 11) is 0. The number of aromatic nitrogens is 2. The fourth-order valence-electron chi connectivity index (χ4n) is 4.28. The number of nitrogens with one attached hydrogen (secondary N) is 1. The van der Waals surface area contributed by atoms with Crippen LogP contribution in [0.4, 0.5) is 52.7 Å². The summed E-state index contributed by atoms with van der Waals surface area (Å²) in [6.45, 7) is 1.01. The zero-order valence-electron chi connectivity index (χ0n) is 25.2. The summed E-state index contributed by atoms with van der Waals surface area (Å²) in [6, 6.07) is 11.2. The van der Waals surface area contributed by atoms with Gasteiger partial charge in [0.1, 0.15) is 5.82 Å². The van der Waals surface area contributed by atoms with E-state index in [4.69, 9.17) is 5.73 Å². The van der Waals surface area contributed by atoms with E-state index in [2.05, 4.69) is 15.3 Å². The van der Waals surface area contributed by atoms with E-state index in [1.165, 1.54) is 6.20 Å². The van der Waals surface area contributed by atoms with E-state index in [1.54, 1.807) is 30.3 Å². The van der Waals surface area contributed by atoms with Gasteiger partial charge < -0.3 is 11.1 Å². The minimum atomic E-state index is -4.97. The van der Waals surface area contributed by atoms with E-state index < -0.39 is 59.4 Å². The van der Waals surface area contributed by atoms with Crippen LogP contribution in [0.5, 0.6) is 0 Å². The number of rotatable bonds is 7. The van der Waals surface area contributed by atoms with E-state index in [0.29, 0.717) is 47.8 Å². The second-order valence-electron chi connectivity index (χ2n) is 10.4. The highest BCUT2D eigenvalue weighted by atomic mass is 19.4. The first-order valence-corrected chi connectivity index (χ1v) is 14.1. The predicted octanol–water partition coefficient (Wildman–Crippen LogP) is 9.25. The van der Waals surface area contributed by atoms with Crippen molar-refractivity contribution in [2.24, 2.45) is 5.73 Å². The molecule has 0 spiro atoms. The molecule has 17 heteroatoms. The molecule has 0 unspecified atom stereocenters. The molecular formula is C32H26F12N4O. The third-order valence-electron chi connectivity index (χ3n) is 6.59. The van der Waals surface area contributed by atoms with Gasteiger partial charge in [0.15, 0.2) is 0 Å². The predicted molar refractivity (Wildman–Crippen MR) is 153 cm³/mol. The van der Waals surface area contributed by atoms with Crippen molar-refractivity contribution in [2.45, 2.75) is 57.6 Å². The van der Waals surface area contributed by atoms with Crippen molar-refractivity contribution in [3.63, 3.8) is 0 Å². The van der Waals surface area contributed by atoms with E-state index in [9.17, 15) is 57.5 Å². The van der Waals surface area contributed by atoms with Gasteiger partial charge in [-0.15, -0.1) is 0 Å². The lowest BCUT2D eigenvalue weighted by Crippen LogP contribution is -2.25. The summed E-state index contributed by atoms with van der Waals surface area (Å²) in [6.07, 6.45) is -16.9. The molecule has 0 radical (unpaired) electrons. The molecule has 49 heavy (non-hydrogen) atoms. The molecule has 4 aromatic rings. The summed E-state index contributed by atoms with van der Waals surface area (Å²) >= 11 is 0. The number of amides is 1. The maximum absolute atomic E-state index is 13.1. The summed E-state index contributed by atoms with van der Waals surface area (Å²) in [5, 5.41) is 2.38. The minimum absolute atomic E-state index is 0.0408. The third kappa shape index (κ3) is 10.9. The largest absolute Gasteiger partial charge is 0.416 e. The van der Waals surface area contributed by atoms with Crippen LogP contribution >= 0.6 is 0 Å². The van der Waals surface area contributed by atoms with Gasteiger partial charge in [-0.2, -0.15) is 52.7 Å². The van der Waals surface area contributed by atoms with Gasteiger partial charge in [0, 0.05) is 31.3 Å². The van der Waals surface area contributed by atoms with Crippen molar-refractivity contribution in [1.29, 1.82) is 0 Å². The number of hydrogen-bond acceptors (Lipinski definition) is 4. The SMILES string of the molecule is CCCc1ncc(C(=O)NCc2cc(C(F)(F)F)cc(C(F)(F)F)c2)c(-c2ccccc2)n1.NCc1cc(C(F)(F)F)cc(C(F)(F)F)c1. The first-order chi connectivity index (χ1) is 22.6. The van der Waals surface area contributed by atoms with Crippen molar-refractivity contribution in [3.05, 3.63) is 118 Å². The van der Waals surface area contributed by atoms with Gasteiger partial charge in [-0.3, -0.25) is 4.79 Å². The second kappa shape index (κ2) is 15.3. The molecular weight excluding hydrogens is 684 g/mol. The third-order valence-corrected chi connectivity index (χ3v) is 6.59. The van der Waals surface area contributed by atoms with Gasteiger partial charge >= 0.3 is 24.7 Å². The van der Waals surface area contributed by atoms with Gasteiger partial charge in [-0.05, 0) is 53.9 Å². The molecule has 1 aromatic heterocycles. The van der Waals surface area contributed by atoms with Crippen LogP contribution in [0.2, 0.25) is 0 Å². The van der Waals surface area contributed by atoms with Gasteiger partial charge in [-0.25, -0.2) is 9.97 Å². The molecule has 0 saturated heterocycles. The Morgan fingerprint density at radius 2 is 1.14 bits per heavy atom. The number of halogens is 12. The van der Waals surface area contributed by atoms with Gasteiger partial charge in [0.05, 0.1) is 33.5 Å². The lowest BCUT2D eigenvalue weighted by Gasteiger charge is -2.15. The van der Waals surface area contributed by atoms with Crippen molar-refractivity contribution < 1.29 is 57.5 Å². The Kier molecular flexibility index (Phi) is 12.1. The van der Waals surface area contributed by atoms with Crippen LogP contribution in [-0.2, 0) is 44.2 Å².